The van der Waals surface area contributed by atoms with E-state index < -0.39 is 0 Å². The molecule has 2 N–H and O–H groups in total. The molecule has 0 bridgehead atoms. The number of carbonyl (C=O) groups is 1. The third-order valence-corrected chi connectivity index (χ3v) is 7.00. The van der Waals surface area contributed by atoms with E-state index in [0.717, 1.165) is 47.5 Å². The molecule has 1 heterocycles. The fourth-order valence-corrected chi connectivity index (χ4v) is 4.39. The number of anilines is 1. The minimum atomic E-state index is -0.297. The van der Waals surface area contributed by atoms with Crippen LogP contribution in [0, 0.1) is 5.92 Å². The van der Waals surface area contributed by atoms with Crippen molar-refractivity contribution in [1.82, 2.24) is 4.98 Å². The number of carbonyl (C=O) groups excluding carboxylic acids is 1. The van der Waals surface area contributed by atoms with Gasteiger partial charge in [0.25, 0.3) is 0 Å². The molecule has 5 rings (SSSR count). The predicted octanol–water partition coefficient (Wildman–Crippen LogP) is 4.79. The highest BCUT2D eigenvalue weighted by Crippen LogP contribution is 2.48. The van der Waals surface area contributed by atoms with Gasteiger partial charge in [0, 0.05) is 49.1 Å². The lowest BCUT2D eigenvalue weighted by atomic mass is 10.0. The molecular formula is C29H33N3O3. The minimum absolute atomic E-state index is 0.0753. The van der Waals surface area contributed by atoms with E-state index in [0.29, 0.717) is 12.6 Å². The maximum absolute atomic E-state index is 13.6. The van der Waals surface area contributed by atoms with Crippen molar-refractivity contribution in [2.45, 2.75) is 50.4 Å². The van der Waals surface area contributed by atoms with Gasteiger partial charge in [0.1, 0.15) is 5.75 Å². The summed E-state index contributed by atoms with van der Waals surface area (Å²) in [5, 5.41) is 0. The molecule has 4 atom stereocenters. The van der Waals surface area contributed by atoms with E-state index >= 15 is 0 Å². The molecule has 2 fully saturated rings. The second-order valence-electron chi connectivity index (χ2n) is 9.65. The molecule has 1 amide bonds. The van der Waals surface area contributed by atoms with Crippen molar-refractivity contribution in [2.75, 3.05) is 18.6 Å². The second-order valence-corrected chi connectivity index (χ2v) is 9.65. The van der Waals surface area contributed by atoms with Gasteiger partial charge >= 0.3 is 0 Å². The lowest BCUT2D eigenvalue weighted by Crippen LogP contribution is -2.47. The van der Waals surface area contributed by atoms with Crippen LogP contribution in [-0.2, 0) is 9.53 Å². The second kappa shape index (κ2) is 10.2. The molecule has 2 saturated carbocycles. The molecule has 2 aromatic carbocycles. The van der Waals surface area contributed by atoms with Gasteiger partial charge in [-0.2, -0.15) is 0 Å². The predicted molar refractivity (Wildman–Crippen MR) is 137 cm³/mol. The van der Waals surface area contributed by atoms with Crippen molar-refractivity contribution in [3.63, 3.8) is 0 Å². The summed E-state index contributed by atoms with van der Waals surface area (Å²) in [6, 6.07) is 21.9. The summed E-state index contributed by atoms with van der Waals surface area (Å²) in [6.45, 7) is 2.33. The maximum Gasteiger partial charge on any atom is 0.230 e. The van der Waals surface area contributed by atoms with E-state index in [1.807, 2.05) is 54.3 Å². The van der Waals surface area contributed by atoms with Gasteiger partial charge in [-0.25, -0.2) is 0 Å². The van der Waals surface area contributed by atoms with Gasteiger partial charge in [-0.05, 0) is 73.7 Å². The van der Waals surface area contributed by atoms with E-state index in [1.54, 1.807) is 13.3 Å². The third-order valence-electron chi connectivity index (χ3n) is 7.00. The van der Waals surface area contributed by atoms with Crippen molar-refractivity contribution < 1.29 is 14.3 Å². The molecule has 0 saturated heterocycles. The fourth-order valence-electron chi connectivity index (χ4n) is 4.39. The Kier molecular flexibility index (Phi) is 6.84. The highest BCUT2D eigenvalue weighted by atomic mass is 16.5. The average Bonchev–Trinajstić information content (AvgIpc) is 3.83. The molecular weight excluding hydrogens is 438 g/mol. The van der Waals surface area contributed by atoms with E-state index in [4.69, 9.17) is 15.2 Å². The van der Waals surface area contributed by atoms with Crippen molar-refractivity contribution in [1.29, 1.82) is 0 Å². The quantitative estimate of drug-likeness (QED) is 0.460. The van der Waals surface area contributed by atoms with E-state index in [1.165, 1.54) is 0 Å². The lowest BCUT2D eigenvalue weighted by molar-refractivity contribution is -0.120. The van der Waals surface area contributed by atoms with Gasteiger partial charge in [0.2, 0.25) is 5.91 Å². The number of rotatable bonds is 10. The van der Waals surface area contributed by atoms with E-state index in [9.17, 15) is 4.79 Å². The molecule has 35 heavy (non-hydrogen) atoms. The average molecular weight is 472 g/mol. The van der Waals surface area contributed by atoms with Gasteiger partial charge in [0.15, 0.2) is 0 Å². The first-order valence-corrected chi connectivity index (χ1v) is 12.4. The first kappa shape index (κ1) is 23.5. The third kappa shape index (κ3) is 5.55. The first-order chi connectivity index (χ1) is 17.0. The van der Waals surface area contributed by atoms with Crippen LogP contribution in [0.25, 0.3) is 11.1 Å². The van der Waals surface area contributed by atoms with Gasteiger partial charge in [-0.15, -0.1) is 0 Å². The van der Waals surface area contributed by atoms with Crippen molar-refractivity contribution in [3.8, 4) is 16.9 Å². The number of methoxy groups -OCH3 is 1. The topological polar surface area (TPSA) is 77.7 Å². The van der Waals surface area contributed by atoms with Crippen LogP contribution < -0.4 is 15.4 Å². The van der Waals surface area contributed by atoms with Gasteiger partial charge in [-0.3, -0.25) is 9.78 Å². The Bertz CT molecular complexity index is 1130. The van der Waals surface area contributed by atoms with Crippen LogP contribution in [0.1, 0.15) is 37.8 Å². The highest BCUT2D eigenvalue weighted by molar-refractivity contribution is 5.97. The Labute approximate surface area is 207 Å². The lowest BCUT2D eigenvalue weighted by Gasteiger charge is -2.29. The molecule has 0 radical (unpaired) electrons. The van der Waals surface area contributed by atoms with Gasteiger partial charge in [0.05, 0.1) is 12.2 Å². The van der Waals surface area contributed by atoms with Crippen LogP contribution in [0.15, 0.2) is 72.9 Å². The number of amides is 1. The largest absolute Gasteiger partial charge is 0.490 e. The molecule has 182 valence electrons. The number of pyridine rings is 1. The van der Waals surface area contributed by atoms with Gasteiger partial charge < -0.3 is 20.1 Å². The standard InChI is InChI=1S/C29H33N3O3/c1-19(34-2)27(30)18-32(29(33)26-17-25(26)28-5-3-4-16-31-28)22-10-6-20(7-11-22)21-8-12-23(13-9-21)35-24-14-15-24/h3-13,16,19,24-27H,14-15,17-18,30H2,1-2H3/t19-,25-,26-,27-/m1/s1. The van der Waals surface area contributed by atoms with Crippen LogP contribution in [0.5, 0.6) is 5.75 Å². The molecule has 3 aromatic rings. The molecule has 2 aliphatic rings. The summed E-state index contributed by atoms with van der Waals surface area (Å²) in [6.07, 6.45) is 5.12. The molecule has 6 nitrogen and oxygen atoms in total. The Morgan fingerprint density at radius 1 is 1.06 bits per heavy atom. The van der Waals surface area contributed by atoms with Crippen LogP contribution in [0.2, 0.25) is 0 Å². The Morgan fingerprint density at radius 2 is 1.74 bits per heavy atom. The zero-order valence-corrected chi connectivity index (χ0v) is 20.3. The summed E-state index contributed by atoms with van der Waals surface area (Å²) < 4.78 is 11.3. The normalized spacial score (nSPS) is 20.7. The van der Waals surface area contributed by atoms with E-state index in [2.05, 4.69) is 29.2 Å². The zero-order valence-electron chi connectivity index (χ0n) is 20.3. The molecule has 0 unspecified atom stereocenters. The zero-order chi connectivity index (χ0) is 24.4. The van der Waals surface area contributed by atoms with Crippen molar-refractivity contribution >= 4 is 11.6 Å². The van der Waals surface area contributed by atoms with Crippen molar-refractivity contribution in [2.24, 2.45) is 11.7 Å². The van der Waals surface area contributed by atoms with Crippen LogP contribution in [-0.4, -0.2) is 42.8 Å². The SMILES string of the molecule is CO[C@H](C)[C@H](N)CN(C(=O)[C@@H]1C[C@H]1c1ccccn1)c1ccc(-c2ccc(OC3CC3)cc2)cc1. The summed E-state index contributed by atoms with van der Waals surface area (Å²) in [4.78, 5) is 19.9. The van der Waals surface area contributed by atoms with Crippen LogP contribution in [0.3, 0.4) is 0 Å². The smallest absolute Gasteiger partial charge is 0.230 e. The monoisotopic (exact) mass is 471 g/mol. The number of ether oxygens (including phenoxy) is 2. The van der Waals surface area contributed by atoms with Crippen LogP contribution >= 0.6 is 0 Å². The first-order valence-electron chi connectivity index (χ1n) is 12.4. The summed E-state index contributed by atoms with van der Waals surface area (Å²) in [5.74, 6) is 1.10. The van der Waals surface area contributed by atoms with E-state index in [-0.39, 0.29) is 29.9 Å². The maximum atomic E-state index is 13.6. The Morgan fingerprint density at radius 3 is 2.34 bits per heavy atom. The Balaban J connectivity index is 1.33. The fraction of sp³-hybridized carbons (Fsp3) is 0.379. The number of benzene rings is 2. The van der Waals surface area contributed by atoms with Crippen LogP contribution in [0.4, 0.5) is 5.69 Å². The number of hydrogen-bond donors (Lipinski definition) is 1. The summed E-state index contributed by atoms with van der Waals surface area (Å²) in [5.41, 5.74) is 10.4. The number of nitrogens with zero attached hydrogens (tertiary/aromatic N) is 2. The number of aromatic nitrogens is 1. The summed E-state index contributed by atoms with van der Waals surface area (Å²) in [7, 11) is 1.64. The summed E-state index contributed by atoms with van der Waals surface area (Å²) >= 11 is 0. The van der Waals surface area contributed by atoms with Gasteiger partial charge in [-0.1, -0.05) is 30.3 Å². The highest BCUT2D eigenvalue weighted by Gasteiger charge is 2.47. The molecule has 2 aliphatic carbocycles. The number of hydrogen-bond acceptors (Lipinski definition) is 5. The Hall–Kier alpha value is -3.22. The molecule has 1 aromatic heterocycles. The van der Waals surface area contributed by atoms with Crippen molar-refractivity contribution in [3.05, 3.63) is 78.6 Å². The minimum Gasteiger partial charge on any atom is -0.490 e. The number of nitrogens with two attached hydrogens (primary N) is 1. The molecule has 0 aliphatic heterocycles. The molecule has 0 spiro atoms. The molecule has 6 heteroatoms.